The molecule has 0 saturated heterocycles. The lowest BCUT2D eigenvalue weighted by Gasteiger charge is -2.07. The summed E-state index contributed by atoms with van der Waals surface area (Å²) in [5, 5.41) is 4.65. The van der Waals surface area contributed by atoms with Gasteiger partial charge in [-0.05, 0) is 18.2 Å². The summed E-state index contributed by atoms with van der Waals surface area (Å²) >= 11 is 13.2. The Bertz CT molecular complexity index is 817. The van der Waals surface area contributed by atoms with E-state index < -0.39 is 0 Å². The average Bonchev–Trinajstić information content (AvgIpc) is 2.81. The van der Waals surface area contributed by atoms with Crippen molar-refractivity contribution in [1.82, 2.24) is 5.16 Å². The topological polar surface area (TPSA) is 52.0 Å². The quantitative estimate of drug-likeness (QED) is 0.564. The Morgan fingerprint density at radius 3 is 2.52 bits per heavy atom. The van der Waals surface area contributed by atoms with E-state index in [1.165, 1.54) is 0 Å². The zero-order valence-electron chi connectivity index (χ0n) is 10.6. The minimum absolute atomic E-state index is 0.260. The van der Waals surface area contributed by atoms with Crippen LogP contribution >= 0.6 is 43.5 Å². The van der Waals surface area contributed by atoms with Gasteiger partial charge in [0.1, 0.15) is 5.69 Å². The lowest BCUT2D eigenvalue weighted by Crippen LogP contribution is -1.89. The number of hydrogen-bond donors (Lipinski definition) is 1. The molecule has 2 aromatic carbocycles. The lowest BCUT2D eigenvalue weighted by atomic mass is 10.0. The van der Waals surface area contributed by atoms with Crippen LogP contribution in [0.2, 0.25) is 5.02 Å². The Labute approximate surface area is 143 Å². The molecule has 0 saturated carbocycles. The third kappa shape index (κ3) is 2.73. The molecular weight excluding hydrogens is 419 g/mol. The van der Waals surface area contributed by atoms with Crippen molar-refractivity contribution in [3.8, 4) is 22.4 Å². The maximum absolute atomic E-state index is 6.31. The fraction of sp³-hybridized carbons (Fsp3) is 0. The smallest absolute Gasteiger partial charge is 0.230 e. The molecular formula is C15H9Br2ClN2O. The second-order valence-electron chi connectivity index (χ2n) is 4.37. The predicted octanol–water partition coefficient (Wildman–Crippen LogP) is 5.77. The fourth-order valence-electron chi connectivity index (χ4n) is 2.09. The number of benzene rings is 2. The number of rotatable bonds is 2. The van der Waals surface area contributed by atoms with Crippen LogP contribution in [0, 0.1) is 0 Å². The van der Waals surface area contributed by atoms with Crippen molar-refractivity contribution in [1.29, 1.82) is 0 Å². The first-order chi connectivity index (χ1) is 10.1. The molecule has 0 spiro atoms. The normalized spacial score (nSPS) is 10.8. The van der Waals surface area contributed by atoms with Crippen molar-refractivity contribution < 1.29 is 4.52 Å². The van der Waals surface area contributed by atoms with E-state index in [1.54, 1.807) is 0 Å². The summed E-state index contributed by atoms with van der Waals surface area (Å²) in [6, 6.07) is 13.3. The summed E-state index contributed by atoms with van der Waals surface area (Å²) in [6.45, 7) is 0. The highest BCUT2D eigenvalue weighted by molar-refractivity contribution is 9.10. The van der Waals surface area contributed by atoms with E-state index in [0.29, 0.717) is 10.7 Å². The number of nitrogens with zero attached hydrogens (tertiary/aromatic N) is 1. The number of aromatic nitrogens is 1. The zero-order valence-corrected chi connectivity index (χ0v) is 14.5. The zero-order chi connectivity index (χ0) is 15.0. The maximum atomic E-state index is 6.31. The molecule has 0 fully saturated rings. The van der Waals surface area contributed by atoms with E-state index in [1.807, 2.05) is 42.5 Å². The monoisotopic (exact) mass is 426 g/mol. The summed E-state index contributed by atoms with van der Waals surface area (Å²) in [5.41, 5.74) is 8.98. The lowest BCUT2D eigenvalue weighted by molar-refractivity contribution is 0.439. The Morgan fingerprint density at radius 2 is 1.81 bits per heavy atom. The first-order valence-corrected chi connectivity index (χ1v) is 8.00. The fourth-order valence-corrected chi connectivity index (χ4v) is 3.34. The maximum Gasteiger partial charge on any atom is 0.230 e. The molecule has 0 atom stereocenters. The number of nitrogen functional groups attached to an aromatic ring is 1. The molecule has 0 unspecified atom stereocenters. The highest BCUT2D eigenvalue weighted by atomic mass is 79.9. The highest BCUT2D eigenvalue weighted by Gasteiger charge is 2.20. The Balaban J connectivity index is 2.25. The Hall–Kier alpha value is -1.30. The highest BCUT2D eigenvalue weighted by Crippen LogP contribution is 2.41. The first kappa shape index (κ1) is 14.6. The van der Waals surface area contributed by atoms with Gasteiger partial charge in [0, 0.05) is 20.1 Å². The van der Waals surface area contributed by atoms with E-state index in [2.05, 4.69) is 37.0 Å². The van der Waals surface area contributed by atoms with Gasteiger partial charge in [-0.2, -0.15) is 0 Å². The molecule has 1 heterocycles. The minimum atomic E-state index is 0.260. The molecule has 106 valence electrons. The van der Waals surface area contributed by atoms with Gasteiger partial charge < -0.3 is 10.3 Å². The van der Waals surface area contributed by atoms with Crippen molar-refractivity contribution in [2.24, 2.45) is 0 Å². The molecule has 0 aliphatic heterocycles. The van der Waals surface area contributed by atoms with Crippen LogP contribution in [-0.4, -0.2) is 5.16 Å². The minimum Gasteiger partial charge on any atom is -0.367 e. The summed E-state index contributed by atoms with van der Waals surface area (Å²) in [4.78, 5) is 0. The molecule has 6 heteroatoms. The van der Waals surface area contributed by atoms with Crippen LogP contribution in [-0.2, 0) is 0 Å². The Kier molecular flexibility index (Phi) is 4.06. The van der Waals surface area contributed by atoms with Gasteiger partial charge in [0.2, 0.25) is 5.88 Å². The molecule has 3 aromatic rings. The average molecular weight is 429 g/mol. The molecule has 0 aliphatic rings. The van der Waals surface area contributed by atoms with Crippen LogP contribution in [0.4, 0.5) is 5.88 Å². The van der Waals surface area contributed by atoms with Crippen LogP contribution in [0.5, 0.6) is 0 Å². The second kappa shape index (κ2) is 5.83. The number of anilines is 1. The summed E-state index contributed by atoms with van der Waals surface area (Å²) in [6.07, 6.45) is 0. The standard InChI is InChI=1S/C15H9Br2ClN2O/c16-8-5-6-10(12(18)7-8)14-13(15(19)21-20-14)9-3-1-2-4-11(9)17/h1-7H,19H2. The molecule has 3 nitrogen and oxygen atoms in total. The third-order valence-electron chi connectivity index (χ3n) is 3.05. The van der Waals surface area contributed by atoms with Crippen molar-refractivity contribution in [2.45, 2.75) is 0 Å². The van der Waals surface area contributed by atoms with E-state index in [4.69, 9.17) is 21.9 Å². The van der Waals surface area contributed by atoms with Crippen LogP contribution in [0.15, 0.2) is 55.9 Å². The van der Waals surface area contributed by atoms with Gasteiger partial charge >= 0.3 is 0 Å². The third-order valence-corrected chi connectivity index (χ3v) is 4.55. The van der Waals surface area contributed by atoms with E-state index in [0.717, 1.165) is 25.6 Å². The van der Waals surface area contributed by atoms with Gasteiger partial charge in [0.25, 0.3) is 0 Å². The summed E-state index contributed by atoms with van der Waals surface area (Å²) < 4.78 is 6.99. The second-order valence-corrected chi connectivity index (χ2v) is 6.55. The van der Waals surface area contributed by atoms with E-state index in [9.17, 15) is 0 Å². The number of halogens is 3. The van der Waals surface area contributed by atoms with Crippen LogP contribution in [0.3, 0.4) is 0 Å². The molecule has 21 heavy (non-hydrogen) atoms. The summed E-state index contributed by atoms with van der Waals surface area (Å²) in [5.74, 6) is 0.260. The van der Waals surface area contributed by atoms with Gasteiger partial charge in [-0.15, -0.1) is 0 Å². The largest absolute Gasteiger partial charge is 0.367 e. The SMILES string of the molecule is Nc1onc(-c2ccc(Br)cc2Cl)c1-c1ccccc1Br. The predicted molar refractivity (Wildman–Crippen MR) is 92.2 cm³/mol. The summed E-state index contributed by atoms with van der Waals surface area (Å²) in [7, 11) is 0. The van der Waals surface area contributed by atoms with Gasteiger partial charge in [0.15, 0.2) is 0 Å². The Morgan fingerprint density at radius 1 is 1.05 bits per heavy atom. The van der Waals surface area contributed by atoms with Crippen molar-refractivity contribution in [3.05, 3.63) is 56.4 Å². The van der Waals surface area contributed by atoms with Gasteiger partial charge in [-0.1, -0.05) is 72.9 Å². The van der Waals surface area contributed by atoms with Gasteiger partial charge in [-0.3, -0.25) is 0 Å². The van der Waals surface area contributed by atoms with Gasteiger partial charge in [-0.25, -0.2) is 0 Å². The van der Waals surface area contributed by atoms with Crippen molar-refractivity contribution in [3.63, 3.8) is 0 Å². The molecule has 0 bridgehead atoms. The molecule has 0 amide bonds. The van der Waals surface area contributed by atoms with E-state index in [-0.39, 0.29) is 5.88 Å². The molecule has 0 radical (unpaired) electrons. The van der Waals surface area contributed by atoms with Crippen LogP contribution in [0.1, 0.15) is 0 Å². The van der Waals surface area contributed by atoms with Crippen molar-refractivity contribution in [2.75, 3.05) is 5.73 Å². The van der Waals surface area contributed by atoms with Gasteiger partial charge in [0.05, 0.1) is 10.6 Å². The number of nitrogens with two attached hydrogens (primary N) is 1. The van der Waals surface area contributed by atoms with Crippen LogP contribution < -0.4 is 5.73 Å². The molecule has 1 aromatic heterocycles. The van der Waals surface area contributed by atoms with E-state index >= 15 is 0 Å². The van der Waals surface area contributed by atoms with Crippen LogP contribution in [0.25, 0.3) is 22.4 Å². The van der Waals surface area contributed by atoms with Crippen molar-refractivity contribution >= 4 is 49.3 Å². The first-order valence-electron chi connectivity index (χ1n) is 6.03. The molecule has 0 aliphatic carbocycles. The molecule has 3 rings (SSSR count). The molecule has 2 N–H and O–H groups in total. The number of hydrogen-bond acceptors (Lipinski definition) is 3.